The van der Waals surface area contributed by atoms with E-state index < -0.39 is 0 Å². The molecule has 0 bridgehead atoms. The van der Waals surface area contributed by atoms with Crippen LogP contribution in [0.5, 0.6) is 0 Å². The SMILES string of the molecule is CC(C(=O)NCC(c1ccco1)N1CCOCC1)C1CCCC1. The molecule has 1 N–H and O–H groups in total. The van der Waals surface area contributed by atoms with Gasteiger partial charge in [0, 0.05) is 25.6 Å². The van der Waals surface area contributed by atoms with Gasteiger partial charge in [0.05, 0.1) is 25.5 Å². The second kappa shape index (κ2) is 7.97. The van der Waals surface area contributed by atoms with Crippen molar-refractivity contribution in [2.45, 2.75) is 38.6 Å². The van der Waals surface area contributed by atoms with Crippen molar-refractivity contribution >= 4 is 5.91 Å². The lowest BCUT2D eigenvalue weighted by Gasteiger charge is -2.33. The molecule has 0 spiro atoms. The summed E-state index contributed by atoms with van der Waals surface area (Å²) in [6, 6.07) is 3.99. The number of rotatable bonds is 6. The van der Waals surface area contributed by atoms with Crippen LogP contribution < -0.4 is 5.32 Å². The molecule has 1 aliphatic heterocycles. The summed E-state index contributed by atoms with van der Waals surface area (Å²) >= 11 is 0. The maximum Gasteiger partial charge on any atom is 0.223 e. The van der Waals surface area contributed by atoms with Crippen LogP contribution in [-0.4, -0.2) is 43.7 Å². The number of carbonyl (C=O) groups is 1. The molecule has 2 atom stereocenters. The van der Waals surface area contributed by atoms with Gasteiger partial charge in [-0.15, -0.1) is 0 Å². The highest BCUT2D eigenvalue weighted by Crippen LogP contribution is 2.31. The lowest BCUT2D eigenvalue weighted by molar-refractivity contribution is -0.126. The summed E-state index contributed by atoms with van der Waals surface area (Å²) in [5, 5.41) is 3.16. The molecule has 23 heavy (non-hydrogen) atoms. The first kappa shape index (κ1) is 16.5. The van der Waals surface area contributed by atoms with Gasteiger partial charge >= 0.3 is 0 Å². The number of nitrogens with zero attached hydrogens (tertiary/aromatic N) is 1. The Hall–Kier alpha value is -1.33. The number of amides is 1. The fraction of sp³-hybridized carbons (Fsp3) is 0.722. The Balaban J connectivity index is 1.58. The molecular weight excluding hydrogens is 292 g/mol. The van der Waals surface area contributed by atoms with Crippen LogP contribution in [0, 0.1) is 11.8 Å². The van der Waals surface area contributed by atoms with Gasteiger partial charge in [0.15, 0.2) is 0 Å². The molecule has 1 aromatic rings. The maximum absolute atomic E-state index is 12.5. The van der Waals surface area contributed by atoms with Crippen molar-refractivity contribution in [1.82, 2.24) is 10.2 Å². The fourth-order valence-corrected chi connectivity index (χ4v) is 3.81. The van der Waals surface area contributed by atoms with E-state index in [1.54, 1.807) is 6.26 Å². The predicted octanol–water partition coefficient (Wildman–Crippen LogP) is 2.60. The Morgan fingerprint density at radius 1 is 1.35 bits per heavy atom. The molecule has 1 amide bonds. The van der Waals surface area contributed by atoms with E-state index in [9.17, 15) is 4.79 Å². The molecule has 5 nitrogen and oxygen atoms in total. The van der Waals surface area contributed by atoms with Crippen LogP contribution in [0.1, 0.15) is 44.4 Å². The lowest BCUT2D eigenvalue weighted by atomic mass is 9.92. The minimum Gasteiger partial charge on any atom is -0.468 e. The Bertz CT molecular complexity index is 476. The zero-order valence-electron chi connectivity index (χ0n) is 14.0. The summed E-state index contributed by atoms with van der Waals surface area (Å²) in [5.74, 6) is 1.77. The van der Waals surface area contributed by atoms with Gasteiger partial charge in [0.25, 0.3) is 0 Å². The van der Waals surface area contributed by atoms with E-state index in [4.69, 9.17) is 9.15 Å². The van der Waals surface area contributed by atoms with Crippen LogP contribution in [-0.2, 0) is 9.53 Å². The standard InChI is InChI=1S/C18H28N2O3/c1-14(15-5-2-3-6-15)18(21)19-13-16(17-7-4-10-23-17)20-8-11-22-12-9-20/h4,7,10,14-16H,2-3,5-6,8-9,11-13H2,1H3,(H,19,21). The van der Waals surface area contributed by atoms with Crippen LogP contribution in [0.2, 0.25) is 0 Å². The van der Waals surface area contributed by atoms with E-state index in [0.29, 0.717) is 12.5 Å². The second-order valence-electron chi connectivity index (χ2n) is 6.76. The number of morpholine rings is 1. The third-order valence-electron chi connectivity index (χ3n) is 5.35. The molecule has 128 valence electrons. The molecule has 1 saturated carbocycles. The number of carbonyl (C=O) groups excluding carboxylic acids is 1. The van der Waals surface area contributed by atoms with E-state index in [1.165, 1.54) is 25.7 Å². The monoisotopic (exact) mass is 320 g/mol. The molecule has 0 radical (unpaired) electrons. The molecule has 1 aromatic heterocycles. The molecule has 1 aliphatic carbocycles. The number of nitrogens with one attached hydrogen (secondary N) is 1. The van der Waals surface area contributed by atoms with E-state index in [2.05, 4.69) is 17.1 Å². The van der Waals surface area contributed by atoms with Crippen LogP contribution in [0.3, 0.4) is 0 Å². The molecule has 2 heterocycles. The van der Waals surface area contributed by atoms with E-state index in [1.807, 2.05) is 12.1 Å². The molecule has 0 aromatic carbocycles. The third-order valence-corrected chi connectivity index (χ3v) is 5.35. The number of furan rings is 1. The summed E-state index contributed by atoms with van der Waals surface area (Å²) in [5.41, 5.74) is 0. The zero-order valence-corrected chi connectivity index (χ0v) is 14.0. The highest BCUT2D eigenvalue weighted by atomic mass is 16.5. The van der Waals surface area contributed by atoms with Crippen molar-refractivity contribution in [1.29, 1.82) is 0 Å². The minimum atomic E-state index is 0.0913. The van der Waals surface area contributed by atoms with Crippen molar-refractivity contribution in [3.8, 4) is 0 Å². The number of ether oxygens (including phenoxy) is 1. The number of hydrogen-bond acceptors (Lipinski definition) is 4. The van der Waals surface area contributed by atoms with Crippen molar-refractivity contribution < 1.29 is 13.9 Å². The van der Waals surface area contributed by atoms with Crippen LogP contribution in [0.25, 0.3) is 0 Å². The number of hydrogen-bond donors (Lipinski definition) is 1. The average Bonchev–Trinajstić information content (AvgIpc) is 3.29. The highest BCUT2D eigenvalue weighted by Gasteiger charge is 2.29. The first-order valence-corrected chi connectivity index (χ1v) is 8.88. The summed E-state index contributed by atoms with van der Waals surface area (Å²) in [7, 11) is 0. The van der Waals surface area contributed by atoms with Gasteiger partial charge in [-0.25, -0.2) is 0 Å². The largest absolute Gasteiger partial charge is 0.468 e. The molecule has 2 fully saturated rings. The summed E-state index contributed by atoms with van der Waals surface area (Å²) in [4.78, 5) is 14.8. The molecule has 5 heteroatoms. The first-order chi connectivity index (χ1) is 11.3. The van der Waals surface area contributed by atoms with Crippen molar-refractivity contribution in [3.05, 3.63) is 24.2 Å². The van der Waals surface area contributed by atoms with Crippen LogP contribution in [0.15, 0.2) is 22.8 Å². The van der Waals surface area contributed by atoms with Crippen molar-refractivity contribution in [2.24, 2.45) is 11.8 Å². The molecule has 2 aliphatic rings. The maximum atomic E-state index is 12.5. The highest BCUT2D eigenvalue weighted by molar-refractivity contribution is 5.78. The molecule has 3 rings (SSSR count). The Morgan fingerprint density at radius 3 is 2.74 bits per heavy atom. The van der Waals surface area contributed by atoms with E-state index >= 15 is 0 Å². The van der Waals surface area contributed by atoms with Gasteiger partial charge in [-0.3, -0.25) is 9.69 Å². The van der Waals surface area contributed by atoms with Gasteiger partial charge in [-0.1, -0.05) is 19.8 Å². The quantitative estimate of drug-likeness (QED) is 0.875. The van der Waals surface area contributed by atoms with Gasteiger partial charge in [-0.05, 0) is 30.9 Å². The fourth-order valence-electron chi connectivity index (χ4n) is 3.81. The zero-order chi connectivity index (χ0) is 16.1. The van der Waals surface area contributed by atoms with E-state index in [-0.39, 0.29) is 17.9 Å². The van der Waals surface area contributed by atoms with Crippen molar-refractivity contribution in [3.63, 3.8) is 0 Å². The average molecular weight is 320 g/mol. The second-order valence-corrected chi connectivity index (χ2v) is 6.76. The van der Waals surface area contributed by atoms with E-state index in [0.717, 1.165) is 32.1 Å². The first-order valence-electron chi connectivity index (χ1n) is 8.88. The molecule has 2 unspecified atom stereocenters. The topological polar surface area (TPSA) is 54.7 Å². The lowest BCUT2D eigenvalue weighted by Crippen LogP contribution is -2.44. The summed E-state index contributed by atoms with van der Waals surface area (Å²) in [6.45, 7) is 5.90. The van der Waals surface area contributed by atoms with Gasteiger partial charge in [0.2, 0.25) is 5.91 Å². The molecule has 1 saturated heterocycles. The van der Waals surface area contributed by atoms with Crippen LogP contribution >= 0.6 is 0 Å². The minimum absolute atomic E-state index is 0.0913. The van der Waals surface area contributed by atoms with Crippen molar-refractivity contribution in [2.75, 3.05) is 32.8 Å². The summed E-state index contributed by atoms with van der Waals surface area (Å²) in [6.07, 6.45) is 6.63. The normalized spacial score (nSPS) is 22.8. The van der Waals surface area contributed by atoms with Gasteiger partial charge in [-0.2, -0.15) is 0 Å². The van der Waals surface area contributed by atoms with Gasteiger partial charge < -0.3 is 14.5 Å². The molecular formula is C18H28N2O3. The Labute approximate surface area is 138 Å². The predicted molar refractivity (Wildman–Crippen MR) is 88.0 cm³/mol. The smallest absolute Gasteiger partial charge is 0.223 e. The Morgan fingerprint density at radius 2 is 2.09 bits per heavy atom. The van der Waals surface area contributed by atoms with Gasteiger partial charge in [0.1, 0.15) is 5.76 Å². The summed E-state index contributed by atoms with van der Waals surface area (Å²) < 4.78 is 11.0. The Kier molecular flexibility index (Phi) is 5.73. The third kappa shape index (κ3) is 4.15. The van der Waals surface area contributed by atoms with Crippen LogP contribution in [0.4, 0.5) is 0 Å².